The summed E-state index contributed by atoms with van der Waals surface area (Å²) in [6.07, 6.45) is 1.42. The van der Waals surface area contributed by atoms with E-state index in [4.69, 9.17) is 0 Å². The lowest BCUT2D eigenvalue weighted by molar-refractivity contribution is 0.0785. The van der Waals surface area contributed by atoms with Crippen LogP contribution in [0, 0.1) is 12.9 Å². The van der Waals surface area contributed by atoms with Crippen LogP contribution < -0.4 is 0 Å². The van der Waals surface area contributed by atoms with Gasteiger partial charge in [0.05, 0.1) is 15.2 Å². The van der Waals surface area contributed by atoms with Crippen LogP contribution in [0.1, 0.15) is 27.0 Å². The van der Waals surface area contributed by atoms with Gasteiger partial charge in [0.15, 0.2) is 9.84 Å². The van der Waals surface area contributed by atoms with Crippen LogP contribution in [0.15, 0.2) is 46.8 Å². The third-order valence-electron chi connectivity index (χ3n) is 5.57. The quantitative estimate of drug-likeness (QED) is 0.585. The van der Waals surface area contributed by atoms with Gasteiger partial charge in [-0.05, 0) is 42.3 Å². The van der Waals surface area contributed by atoms with Gasteiger partial charge >= 0.3 is 0 Å². The molecule has 2 aromatic heterocycles. The summed E-state index contributed by atoms with van der Waals surface area (Å²) in [6.45, 7) is 2.31. The van der Waals surface area contributed by atoms with E-state index in [1.165, 1.54) is 23.6 Å². The molecule has 1 fully saturated rings. The number of nitrogens with zero attached hydrogens (tertiary/aromatic N) is 3. The van der Waals surface area contributed by atoms with E-state index in [0.29, 0.717) is 28.3 Å². The third kappa shape index (κ3) is 2.87. The van der Waals surface area contributed by atoms with Gasteiger partial charge in [0, 0.05) is 36.1 Å². The summed E-state index contributed by atoms with van der Waals surface area (Å²) < 4.78 is 39.2. The minimum Gasteiger partial charge on any atom is -0.335 e. The number of aryl methyl sites for hydroxylation is 1. The lowest BCUT2D eigenvalue weighted by Crippen LogP contribution is -2.31. The number of hydrogen-bond acceptors (Lipinski definition) is 6. The van der Waals surface area contributed by atoms with Crippen molar-refractivity contribution in [3.63, 3.8) is 0 Å². The van der Waals surface area contributed by atoms with Gasteiger partial charge < -0.3 is 4.90 Å². The predicted octanol–water partition coefficient (Wildman–Crippen LogP) is 3.05. The number of carbonyl (C=O) groups is 1. The summed E-state index contributed by atoms with van der Waals surface area (Å²) >= 11 is 1.39. The lowest BCUT2D eigenvalue weighted by Gasteiger charge is -2.17. The zero-order valence-electron chi connectivity index (χ0n) is 15.4. The minimum absolute atomic E-state index is 0.157. The number of halogens is 1. The molecule has 4 heterocycles. The van der Waals surface area contributed by atoms with Crippen LogP contribution >= 0.6 is 11.3 Å². The first kappa shape index (κ1) is 18.4. The summed E-state index contributed by atoms with van der Waals surface area (Å²) in [5.74, 6) is -1.09. The van der Waals surface area contributed by atoms with E-state index < -0.39 is 21.0 Å². The van der Waals surface area contributed by atoms with Crippen LogP contribution in [0.2, 0.25) is 0 Å². The number of amides is 1. The van der Waals surface area contributed by atoms with E-state index in [1.807, 2.05) is 13.0 Å². The smallest absolute Gasteiger partial charge is 0.273 e. The van der Waals surface area contributed by atoms with Crippen molar-refractivity contribution in [2.75, 3.05) is 13.1 Å². The third-order valence-corrected chi connectivity index (χ3v) is 8.60. The summed E-state index contributed by atoms with van der Waals surface area (Å²) in [5, 5.41) is 1.85. The molecule has 0 unspecified atom stereocenters. The fourth-order valence-electron chi connectivity index (χ4n) is 4.16. The Hall–Kier alpha value is -2.65. The van der Waals surface area contributed by atoms with Crippen LogP contribution in [0.25, 0.3) is 11.1 Å². The Bertz CT molecular complexity index is 1240. The molecule has 29 heavy (non-hydrogen) atoms. The second-order valence-corrected chi connectivity index (χ2v) is 10.5. The first-order chi connectivity index (χ1) is 13.8. The van der Waals surface area contributed by atoms with Crippen LogP contribution in [0.5, 0.6) is 0 Å². The molecule has 2 atom stereocenters. The van der Waals surface area contributed by atoms with E-state index in [1.54, 1.807) is 28.5 Å². The molecular formula is C20H16FN3O3S2. The zero-order valence-corrected chi connectivity index (χ0v) is 17.0. The van der Waals surface area contributed by atoms with Gasteiger partial charge in [0.2, 0.25) is 5.95 Å². The molecule has 5 rings (SSSR count). The zero-order chi connectivity index (χ0) is 20.3. The Morgan fingerprint density at radius 2 is 2.00 bits per heavy atom. The topological polar surface area (TPSA) is 80.2 Å². The second kappa shape index (κ2) is 6.43. The van der Waals surface area contributed by atoms with Gasteiger partial charge in [-0.1, -0.05) is 6.07 Å². The normalized spacial score (nSPS) is 21.8. The van der Waals surface area contributed by atoms with Crippen molar-refractivity contribution in [3.8, 4) is 11.1 Å². The van der Waals surface area contributed by atoms with Crippen LogP contribution in [0.4, 0.5) is 4.39 Å². The summed E-state index contributed by atoms with van der Waals surface area (Å²) in [6, 6.07) is 8.03. The number of thiazole rings is 1. The van der Waals surface area contributed by atoms with Crippen molar-refractivity contribution in [2.45, 2.75) is 23.0 Å². The maximum Gasteiger partial charge on any atom is 0.273 e. The molecule has 0 saturated carbocycles. The molecule has 1 saturated heterocycles. The maximum absolute atomic E-state index is 13.1. The number of hydrogen-bond donors (Lipinski definition) is 0. The molecule has 0 radical (unpaired) electrons. The largest absolute Gasteiger partial charge is 0.335 e. The number of rotatable bonds is 2. The van der Waals surface area contributed by atoms with E-state index in [-0.39, 0.29) is 18.4 Å². The molecular weight excluding hydrogens is 413 g/mol. The minimum atomic E-state index is -3.52. The molecule has 0 bridgehead atoms. The average Bonchev–Trinajstić information content (AvgIpc) is 3.38. The van der Waals surface area contributed by atoms with E-state index in [2.05, 4.69) is 9.97 Å². The summed E-state index contributed by atoms with van der Waals surface area (Å²) in [7, 11) is -3.52. The van der Waals surface area contributed by atoms with Crippen LogP contribution in [-0.2, 0) is 9.84 Å². The van der Waals surface area contributed by atoms with E-state index >= 15 is 0 Å². The Morgan fingerprint density at radius 3 is 2.69 bits per heavy atom. The Morgan fingerprint density at radius 1 is 1.21 bits per heavy atom. The number of carbonyl (C=O) groups excluding carboxylic acids is 1. The number of sulfone groups is 1. The lowest BCUT2D eigenvalue weighted by atomic mass is 9.95. The molecule has 2 aliphatic heterocycles. The first-order valence-electron chi connectivity index (χ1n) is 9.06. The van der Waals surface area contributed by atoms with Gasteiger partial charge in [0.25, 0.3) is 5.91 Å². The Balaban J connectivity index is 1.51. The fourth-order valence-corrected chi connectivity index (χ4v) is 6.91. The highest BCUT2D eigenvalue weighted by Gasteiger charge is 2.51. The molecule has 0 N–H and O–H groups in total. The maximum atomic E-state index is 13.1. The molecule has 0 spiro atoms. The molecule has 9 heteroatoms. The van der Waals surface area contributed by atoms with E-state index in [9.17, 15) is 17.6 Å². The highest BCUT2D eigenvalue weighted by atomic mass is 32.2. The molecule has 6 nitrogen and oxygen atoms in total. The van der Waals surface area contributed by atoms with Gasteiger partial charge in [-0.2, -0.15) is 4.39 Å². The molecule has 3 aromatic rings. The number of likely N-dealkylation sites (tertiary alicyclic amines) is 1. The second-order valence-electron chi connectivity index (χ2n) is 7.27. The van der Waals surface area contributed by atoms with Gasteiger partial charge in [-0.15, -0.1) is 11.3 Å². The number of pyridine rings is 1. The molecule has 148 valence electrons. The first-order valence-corrected chi connectivity index (χ1v) is 11.5. The van der Waals surface area contributed by atoms with Gasteiger partial charge in [0.1, 0.15) is 5.69 Å². The van der Waals surface area contributed by atoms with Gasteiger partial charge in [-0.25, -0.2) is 18.4 Å². The van der Waals surface area contributed by atoms with Crippen molar-refractivity contribution in [1.29, 1.82) is 0 Å². The van der Waals surface area contributed by atoms with Crippen molar-refractivity contribution in [1.82, 2.24) is 14.9 Å². The van der Waals surface area contributed by atoms with Crippen LogP contribution in [0.3, 0.4) is 0 Å². The SMILES string of the molecule is Cc1nc(C(=O)N2C[C@@H]3c4cc(-c5ccc(F)nc5)ccc4S(=O)(=O)[C@H]3C2)cs1. The van der Waals surface area contributed by atoms with Crippen molar-refractivity contribution >= 4 is 27.1 Å². The van der Waals surface area contributed by atoms with Crippen molar-refractivity contribution < 1.29 is 17.6 Å². The predicted molar refractivity (Wildman–Crippen MR) is 106 cm³/mol. The van der Waals surface area contributed by atoms with Crippen LogP contribution in [-0.4, -0.2) is 47.5 Å². The van der Waals surface area contributed by atoms with Crippen molar-refractivity contribution in [3.05, 3.63) is 64.1 Å². The monoisotopic (exact) mass is 429 g/mol. The highest BCUT2D eigenvalue weighted by molar-refractivity contribution is 7.92. The van der Waals surface area contributed by atoms with Crippen molar-refractivity contribution in [2.24, 2.45) is 0 Å². The number of benzene rings is 1. The summed E-state index contributed by atoms with van der Waals surface area (Å²) in [4.78, 5) is 22.6. The van der Waals surface area contributed by atoms with Gasteiger partial charge in [-0.3, -0.25) is 4.79 Å². The average molecular weight is 429 g/mol. The molecule has 1 amide bonds. The summed E-state index contributed by atoms with van der Waals surface area (Å²) in [5.41, 5.74) is 2.55. The molecule has 0 aliphatic carbocycles. The Kier molecular flexibility index (Phi) is 4.08. The Labute approximate surface area is 171 Å². The van der Waals surface area contributed by atoms with E-state index in [0.717, 1.165) is 10.6 Å². The molecule has 1 aromatic carbocycles. The highest BCUT2D eigenvalue weighted by Crippen LogP contribution is 2.46. The fraction of sp³-hybridized carbons (Fsp3) is 0.250. The number of fused-ring (bicyclic) bond motifs is 3. The molecule has 2 aliphatic rings. The number of aromatic nitrogens is 2. The standard InChI is InChI=1S/C20H16FN3O3S2/c1-11-23-16(10-28-11)20(25)24-8-15-14-6-12(13-3-5-19(21)22-7-13)2-4-17(14)29(26,27)18(15)9-24/h2-7,10,15,18H,8-9H2,1H3/t15-,18+/m1/s1.